The molecule has 0 bridgehead atoms. The SMILES string of the molecule is C=CCNCC1CCN(C(=O)OC(C)(C)C)CC1. The van der Waals surface area contributed by atoms with E-state index in [1.54, 1.807) is 0 Å². The Balaban J connectivity index is 2.26. The zero-order valence-corrected chi connectivity index (χ0v) is 11.9. The summed E-state index contributed by atoms with van der Waals surface area (Å²) in [4.78, 5) is 13.7. The van der Waals surface area contributed by atoms with Crippen molar-refractivity contribution < 1.29 is 9.53 Å². The third-order valence-electron chi connectivity index (χ3n) is 2.99. The first-order valence-corrected chi connectivity index (χ1v) is 6.72. The average molecular weight is 254 g/mol. The molecule has 18 heavy (non-hydrogen) atoms. The van der Waals surface area contributed by atoms with Gasteiger partial charge in [-0.05, 0) is 46.1 Å². The Labute approximate surface area is 110 Å². The molecule has 1 N–H and O–H groups in total. The quantitative estimate of drug-likeness (QED) is 0.619. The number of carbonyl (C=O) groups excluding carboxylic acids is 1. The predicted molar refractivity (Wildman–Crippen MR) is 73.6 cm³/mol. The fourth-order valence-corrected chi connectivity index (χ4v) is 2.04. The van der Waals surface area contributed by atoms with Gasteiger partial charge in [0.05, 0.1) is 0 Å². The van der Waals surface area contributed by atoms with Crippen LogP contribution < -0.4 is 5.32 Å². The lowest BCUT2D eigenvalue weighted by molar-refractivity contribution is 0.0184. The van der Waals surface area contributed by atoms with Crippen LogP contribution in [0.4, 0.5) is 4.79 Å². The maximum absolute atomic E-state index is 11.9. The minimum Gasteiger partial charge on any atom is -0.444 e. The van der Waals surface area contributed by atoms with Crippen molar-refractivity contribution in [1.82, 2.24) is 10.2 Å². The van der Waals surface area contributed by atoms with E-state index in [1.165, 1.54) is 0 Å². The van der Waals surface area contributed by atoms with Crippen LogP contribution in [-0.4, -0.2) is 42.8 Å². The van der Waals surface area contributed by atoms with E-state index in [0.717, 1.165) is 39.0 Å². The van der Waals surface area contributed by atoms with Crippen LogP contribution in [0, 0.1) is 5.92 Å². The highest BCUT2D eigenvalue weighted by atomic mass is 16.6. The maximum Gasteiger partial charge on any atom is 0.410 e. The normalized spacial score (nSPS) is 17.6. The number of nitrogens with one attached hydrogen (secondary N) is 1. The summed E-state index contributed by atoms with van der Waals surface area (Å²) in [6, 6.07) is 0. The van der Waals surface area contributed by atoms with E-state index in [0.29, 0.717) is 5.92 Å². The van der Waals surface area contributed by atoms with E-state index >= 15 is 0 Å². The second kappa shape index (κ2) is 6.78. The van der Waals surface area contributed by atoms with Crippen LogP contribution in [0.1, 0.15) is 33.6 Å². The topological polar surface area (TPSA) is 41.6 Å². The van der Waals surface area contributed by atoms with E-state index in [4.69, 9.17) is 4.74 Å². The van der Waals surface area contributed by atoms with Crippen molar-refractivity contribution >= 4 is 6.09 Å². The smallest absolute Gasteiger partial charge is 0.410 e. The van der Waals surface area contributed by atoms with Gasteiger partial charge in [-0.15, -0.1) is 6.58 Å². The summed E-state index contributed by atoms with van der Waals surface area (Å²) in [5.74, 6) is 0.656. The minimum atomic E-state index is -0.403. The standard InChI is InChI=1S/C14H26N2O2/c1-5-8-15-11-12-6-9-16(10-7-12)13(17)18-14(2,3)4/h5,12,15H,1,6-11H2,2-4H3. The summed E-state index contributed by atoms with van der Waals surface area (Å²) in [6.07, 6.45) is 3.78. The average Bonchev–Trinajstić information content (AvgIpc) is 2.28. The predicted octanol–water partition coefficient (Wildman–Crippen LogP) is 2.41. The number of likely N-dealkylation sites (tertiary alicyclic amines) is 1. The highest BCUT2D eigenvalue weighted by molar-refractivity contribution is 5.68. The number of ether oxygens (including phenoxy) is 1. The molecule has 1 fully saturated rings. The first kappa shape index (κ1) is 15.0. The van der Waals surface area contributed by atoms with E-state index in [1.807, 2.05) is 31.7 Å². The molecule has 1 amide bonds. The molecule has 4 nitrogen and oxygen atoms in total. The zero-order valence-electron chi connectivity index (χ0n) is 11.9. The number of piperidine rings is 1. The van der Waals surface area contributed by atoms with E-state index in [9.17, 15) is 4.79 Å². The first-order valence-electron chi connectivity index (χ1n) is 6.72. The Bertz CT molecular complexity index is 276. The van der Waals surface area contributed by atoms with Crippen molar-refractivity contribution in [1.29, 1.82) is 0 Å². The monoisotopic (exact) mass is 254 g/mol. The molecule has 104 valence electrons. The van der Waals surface area contributed by atoms with Crippen molar-refractivity contribution in [3.63, 3.8) is 0 Å². The van der Waals surface area contributed by atoms with Gasteiger partial charge in [0, 0.05) is 19.6 Å². The van der Waals surface area contributed by atoms with Crippen molar-refractivity contribution in [3.8, 4) is 0 Å². The molecule has 4 heteroatoms. The summed E-state index contributed by atoms with van der Waals surface area (Å²) < 4.78 is 5.37. The van der Waals surface area contributed by atoms with E-state index in [-0.39, 0.29) is 6.09 Å². The Morgan fingerprint density at radius 2 is 2.06 bits per heavy atom. The zero-order chi connectivity index (χ0) is 13.6. The van der Waals surface area contributed by atoms with Gasteiger partial charge in [-0.25, -0.2) is 4.79 Å². The van der Waals surface area contributed by atoms with E-state index in [2.05, 4.69) is 11.9 Å². The largest absolute Gasteiger partial charge is 0.444 e. The lowest BCUT2D eigenvalue weighted by atomic mass is 9.97. The molecule has 1 rings (SSSR count). The minimum absolute atomic E-state index is 0.181. The summed E-state index contributed by atoms with van der Waals surface area (Å²) in [6.45, 7) is 12.8. The first-order chi connectivity index (χ1) is 8.42. The molecule has 1 saturated heterocycles. The van der Waals surface area contributed by atoms with Crippen molar-refractivity contribution in [2.24, 2.45) is 5.92 Å². The van der Waals surface area contributed by atoms with Crippen LogP contribution in [0.3, 0.4) is 0 Å². The Morgan fingerprint density at radius 1 is 1.44 bits per heavy atom. The molecule has 0 aromatic carbocycles. The highest BCUT2D eigenvalue weighted by Crippen LogP contribution is 2.19. The second-order valence-corrected chi connectivity index (χ2v) is 5.86. The fourth-order valence-electron chi connectivity index (χ4n) is 2.04. The number of nitrogens with zero attached hydrogens (tertiary/aromatic N) is 1. The molecule has 0 aromatic heterocycles. The molecule has 0 aromatic rings. The van der Waals surface area contributed by atoms with Gasteiger partial charge in [0.2, 0.25) is 0 Å². The molecular weight excluding hydrogens is 228 g/mol. The molecule has 0 spiro atoms. The van der Waals surface area contributed by atoms with Gasteiger partial charge in [-0.1, -0.05) is 6.08 Å². The second-order valence-electron chi connectivity index (χ2n) is 5.86. The molecule has 0 aliphatic carbocycles. The highest BCUT2D eigenvalue weighted by Gasteiger charge is 2.26. The van der Waals surface area contributed by atoms with Gasteiger partial charge in [0.1, 0.15) is 5.60 Å². The fraction of sp³-hybridized carbons (Fsp3) is 0.786. The lowest BCUT2D eigenvalue weighted by Gasteiger charge is -2.33. The summed E-state index contributed by atoms with van der Waals surface area (Å²) in [5.41, 5.74) is -0.403. The van der Waals surface area contributed by atoms with Crippen molar-refractivity contribution in [3.05, 3.63) is 12.7 Å². The molecule has 0 saturated carbocycles. The van der Waals surface area contributed by atoms with Gasteiger partial charge in [-0.2, -0.15) is 0 Å². The Kier molecular flexibility index (Phi) is 5.66. The van der Waals surface area contributed by atoms with Gasteiger partial charge in [0.15, 0.2) is 0 Å². The van der Waals surface area contributed by atoms with Gasteiger partial charge >= 0.3 is 6.09 Å². The third kappa shape index (κ3) is 5.54. The molecule has 1 aliphatic heterocycles. The van der Waals surface area contributed by atoms with Crippen LogP contribution in [-0.2, 0) is 4.74 Å². The molecule has 1 heterocycles. The van der Waals surface area contributed by atoms with Crippen molar-refractivity contribution in [2.45, 2.75) is 39.2 Å². The summed E-state index contributed by atoms with van der Waals surface area (Å²) in [5, 5.41) is 3.33. The van der Waals surface area contributed by atoms with E-state index < -0.39 is 5.60 Å². The molecule has 0 atom stereocenters. The Hall–Kier alpha value is -1.03. The Morgan fingerprint density at radius 3 is 2.56 bits per heavy atom. The molecule has 0 radical (unpaired) electrons. The lowest BCUT2D eigenvalue weighted by Crippen LogP contribution is -2.43. The number of carbonyl (C=O) groups is 1. The van der Waals surface area contributed by atoms with Crippen LogP contribution in [0.5, 0.6) is 0 Å². The molecule has 1 aliphatic rings. The number of hydrogen-bond donors (Lipinski definition) is 1. The molecular formula is C14H26N2O2. The van der Waals surface area contributed by atoms with Crippen LogP contribution in [0.2, 0.25) is 0 Å². The van der Waals surface area contributed by atoms with Crippen LogP contribution in [0.15, 0.2) is 12.7 Å². The van der Waals surface area contributed by atoms with Crippen LogP contribution >= 0.6 is 0 Å². The number of amides is 1. The third-order valence-corrected chi connectivity index (χ3v) is 2.99. The summed E-state index contributed by atoms with van der Waals surface area (Å²) in [7, 11) is 0. The summed E-state index contributed by atoms with van der Waals surface area (Å²) >= 11 is 0. The number of rotatable bonds is 4. The van der Waals surface area contributed by atoms with Crippen LogP contribution in [0.25, 0.3) is 0 Å². The van der Waals surface area contributed by atoms with Gasteiger partial charge in [0.25, 0.3) is 0 Å². The van der Waals surface area contributed by atoms with Gasteiger partial charge in [-0.3, -0.25) is 0 Å². The molecule has 0 unspecified atom stereocenters. The van der Waals surface area contributed by atoms with Crippen molar-refractivity contribution in [2.75, 3.05) is 26.2 Å². The maximum atomic E-state index is 11.9. The van der Waals surface area contributed by atoms with Gasteiger partial charge < -0.3 is 15.0 Å². The number of hydrogen-bond acceptors (Lipinski definition) is 3.